The molecule has 0 fully saturated rings. The van der Waals surface area contributed by atoms with Gasteiger partial charge in [0.2, 0.25) is 5.91 Å². The summed E-state index contributed by atoms with van der Waals surface area (Å²) in [7, 11) is 0. The predicted octanol–water partition coefficient (Wildman–Crippen LogP) is 5.86. The van der Waals surface area contributed by atoms with Crippen LogP contribution in [0.4, 0.5) is 11.4 Å². The number of hydrogen-bond donors (Lipinski definition) is 1. The minimum Gasteiger partial charge on any atom is -0.325 e. The lowest BCUT2D eigenvalue weighted by atomic mass is 9.98. The van der Waals surface area contributed by atoms with E-state index < -0.39 is 5.92 Å². The van der Waals surface area contributed by atoms with Crippen molar-refractivity contribution in [2.75, 3.05) is 10.3 Å². The second-order valence-corrected chi connectivity index (χ2v) is 8.92. The number of hydrazone groups is 1. The smallest absolute Gasteiger partial charge is 0.265 e. The summed E-state index contributed by atoms with van der Waals surface area (Å²) in [6.45, 7) is 10.0. The summed E-state index contributed by atoms with van der Waals surface area (Å²) in [6, 6.07) is 17.4. The fraction of sp³-hybridized carbons (Fsp3) is 0.286. The Labute approximate surface area is 200 Å². The maximum atomic E-state index is 13.3. The molecule has 34 heavy (non-hydrogen) atoms. The van der Waals surface area contributed by atoms with Gasteiger partial charge in [-0.3, -0.25) is 14.6 Å². The Morgan fingerprint density at radius 2 is 1.85 bits per heavy atom. The number of amides is 2. The molecule has 0 spiro atoms. The molecule has 0 bridgehead atoms. The standard InChI is InChI=1S/C28H30N4O2/c1-6-17(2)21-10-7-11-22(15-21)30-27(33)25-20(5)31-32(28(25)34)23-13-12-18(3)24(16-23)26-19(4)9-8-14-29-26/h7-17,25H,6H2,1-5H3,(H,30,33). The molecule has 3 aromatic rings. The molecule has 1 N–H and O–H groups in total. The molecule has 6 nitrogen and oxygen atoms in total. The first-order chi connectivity index (χ1) is 16.3. The fourth-order valence-corrected chi connectivity index (χ4v) is 4.19. The first kappa shape index (κ1) is 23.4. The maximum absolute atomic E-state index is 13.3. The van der Waals surface area contributed by atoms with Crippen molar-refractivity contribution in [1.29, 1.82) is 0 Å². The lowest BCUT2D eigenvalue weighted by Gasteiger charge is -2.17. The summed E-state index contributed by atoms with van der Waals surface area (Å²) in [5.41, 5.74) is 6.82. The lowest BCUT2D eigenvalue weighted by Crippen LogP contribution is -2.36. The molecule has 0 saturated carbocycles. The zero-order valence-electron chi connectivity index (χ0n) is 20.3. The molecule has 0 saturated heterocycles. The third kappa shape index (κ3) is 4.49. The largest absolute Gasteiger partial charge is 0.325 e. The third-order valence-electron chi connectivity index (χ3n) is 6.46. The molecule has 6 heteroatoms. The van der Waals surface area contributed by atoms with Crippen molar-refractivity contribution >= 4 is 28.9 Å². The minimum atomic E-state index is -0.964. The van der Waals surface area contributed by atoms with Crippen LogP contribution in [-0.4, -0.2) is 22.5 Å². The van der Waals surface area contributed by atoms with E-state index in [0.29, 0.717) is 23.0 Å². The zero-order valence-corrected chi connectivity index (χ0v) is 20.3. The second-order valence-electron chi connectivity index (χ2n) is 8.92. The molecular weight excluding hydrogens is 424 g/mol. The second kappa shape index (κ2) is 9.59. The van der Waals surface area contributed by atoms with E-state index in [-0.39, 0.29) is 11.8 Å². The predicted molar refractivity (Wildman–Crippen MR) is 137 cm³/mol. The van der Waals surface area contributed by atoms with Crippen LogP contribution in [0.15, 0.2) is 65.9 Å². The SMILES string of the molecule is CCC(C)c1cccc(NC(=O)C2C(=O)N(c3ccc(C)c(-c4ncccc4C)c3)N=C2C)c1. The number of aryl methyl sites for hydroxylation is 2. The number of carbonyl (C=O) groups is 2. The van der Waals surface area contributed by atoms with Gasteiger partial charge in [-0.25, -0.2) is 0 Å². The van der Waals surface area contributed by atoms with Crippen LogP contribution in [0.25, 0.3) is 11.3 Å². The molecule has 174 valence electrons. The summed E-state index contributed by atoms with van der Waals surface area (Å²) in [5, 5.41) is 8.69. The molecule has 0 aliphatic carbocycles. The van der Waals surface area contributed by atoms with Crippen LogP contribution in [0.3, 0.4) is 0 Å². The highest BCUT2D eigenvalue weighted by atomic mass is 16.2. The minimum absolute atomic E-state index is 0.361. The molecular formula is C28H30N4O2. The van der Waals surface area contributed by atoms with Gasteiger partial charge in [-0.15, -0.1) is 0 Å². The van der Waals surface area contributed by atoms with Gasteiger partial charge in [0.15, 0.2) is 5.92 Å². The van der Waals surface area contributed by atoms with Gasteiger partial charge in [0.25, 0.3) is 5.91 Å². The average Bonchev–Trinajstić information content (AvgIpc) is 3.13. The van der Waals surface area contributed by atoms with Crippen LogP contribution in [0.2, 0.25) is 0 Å². The van der Waals surface area contributed by atoms with E-state index in [9.17, 15) is 9.59 Å². The molecule has 0 radical (unpaired) electrons. The number of benzene rings is 2. The van der Waals surface area contributed by atoms with Crippen LogP contribution in [0, 0.1) is 19.8 Å². The lowest BCUT2D eigenvalue weighted by molar-refractivity contribution is -0.127. The first-order valence-corrected chi connectivity index (χ1v) is 11.6. The summed E-state index contributed by atoms with van der Waals surface area (Å²) in [5.74, 6) is -1.31. The molecule has 2 atom stereocenters. The number of anilines is 2. The number of nitrogens with one attached hydrogen (secondary N) is 1. The van der Waals surface area contributed by atoms with Crippen LogP contribution in [0.5, 0.6) is 0 Å². The Balaban J connectivity index is 1.58. The van der Waals surface area contributed by atoms with Gasteiger partial charge in [-0.2, -0.15) is 10.1 Å². The molecule has 4 rings (SSSR count). The highest BCUT2D eigenvalue weighted by Gasteiger charge is 2.40. The Kier molecular flexibility index (Phi) is 6.59. The summed E-state index contributed by atoms with van der Waals surface area (Å²) >= 11 is 0. The number of nitrogens with zero attached hydrogens (tertiary/aromatic N) is 3. The van der Waals surface area contributed by atoms with Crippen LogP contribution in [-0.2, 0) is 9.59 Å². The summed E-state index contributed by atoms with van der Waals surface area (Å²) in [6.07, 6.45) is 2.77. The van der Waals surface area contributed by atoms with Gasteiger partial charge in [0.05, 0.1) is 17.1 Å². The van der Waals surface area contributed by atoms with Gasteiger partial charge in [0.1, 0.15) is 0 Å². The van der Waals surface area contributed by atoms with Crippen molar-refractivity contribution in [3.63, 3.8) is 0 Å². The summed E-state index contributed by atoms with van der Waals surface area (Å²) < 4.78 is 0. The van der Waals surface area contributed by atoms with E-state index in [1.807, 2.05) is 62.4 Å². The molecule has 2 amide bonds. The summed E-state index contributed by atoms with van der Waals surface area (Å²) in [4.78, 5) is 30.9. The van der Waals surface area contributed by atoms with Gasteiger partial charge in [-0.1, -0.05) is 38.1 Å². The number of hydrogen-bond acceptors (Lipinski definition) is 4. The number of carbonyl (C=O) groups excluding carboxylic acids is 2. The Morgan fingerprint density at radius 1 is 1.06 bits per heavy atom. The van der Waals surface area contributed by atoms with Crippen molar-refractivity contribution in [2.24, 2.45) is 11.0 Å². The van der Waals surface area contributed by atoms with Gasteiger partial charge >= 0.3 is 0 Å². The van der Waals surface area contributed by atoms with Crippen LogP contribution >= 0.6 is 0 Å². The van der Waals surface area contributed by atoms with Gasteiger partial charge in [-0.05, 0) is 80.1 Å². The number of rotatable bonds is 6. The van der Waals surface area contributed by atoms with E-state index in [0.717, 1.165) is 34.4 Å². The monoisotopic (exact) mass is 454 g/mol. The number of aromatic nitrogens is 1. The van der Waals surface area contributed by atoms with Crippen LogP contribution < -0.4 is 10.3 Å². The van der Waals surface area contributed by atoms with Gasteiger partial charge < -0.3 is 5.32 Å². The van der Waals surface area contributed by atoms with Gasteiger partial charge in [0, 0.05) is 17.4 Å². The zero-order chi connectivity index (χ0) is 24.4. The average molecular weight is 455 g/mol. The molecule has 1 aromatic heterocycles. The highest BCUT2D eigenvalue weighted by Crippen LogP contribution is 2.32. The Bertz CT molecular complexity index is 1280. The highest BCUT2D eigenvalue weighted by molar-refractivity contribution is 6.28. The van der Waals surface area contributed by atoms with Crippen molar-refractivity contribution < 1.29 is 9.59 Å². The van der Waals surface area contributed by atoms with E-state index in [2.05, 4.69) is 35.3 Å². The van der Waals surface area contributed by atoms with Crippen molar-refractivity contribution in [1.82, 2.24) is 4.98 Å². The van der Waals surface area contributed by atoms with Crippen molar-refractivity contribution in [3.05, 3.63) is 77.5 Å². The molecule has 1 aliphatic heterocycles. The fourth-order valence-electron chi connectivity index (χ4n) is 4.19. The molecule has 1 aliphatic rings. The van der Waals surface area contributed by atoms with Crippen LogP contribution in [0.1, 0.15) is 49.8 Å². The Hall–Kier alpha value is -3.80. The molecule has 2 unspecified atom stereocenters. The normalized spacial score (nSPS) is 16.4. The third-order valence-corrected chi connectivity index (χ3v) is 6.46. The van der Waals surface area contributed by atoms with E-state index in [4.69, 9.17) is 0 Å². The first-order valence-electron chi connectivity index (χ1n) is 11.6. The van der Waals surface area contributed by atoms with E-state index in [1.165, 1.54) is 5.01 Å². The quantitative estimate of drug-likeness (QED) is 0.474. The Morgan fingerprint density at radius 3 is 2.59 bits per heavy atom. The topological polar surface area (TPSA) is 74.7 Å². The molecule has 2 aromatic carbocycles. The van der Waals surface area contributed by atoms with Crippen molar-refractivity contribution in [3.8, 4) is 11.3 Å². The van der Waals surface area contributed by atoms with Crippen molar-refractivity contribution in [2.45, 2.75) is 47.0 Å². The maximum Gasteiger partial charge on any atom is 0.265 e. The van der Waals surface area contributed by atoms with E-state index in [1.54, 1.807) is 13.1 Å². The van der Waals surface area contributed by atoms with E-state index >= 15 is 0 Å². The molecule has 2 heterocycles. The number of pyridine rings is 1.